The molecule has 0 bridgehead atoms. The number of benzene rings is 1. The van der Waals surface area contributed by atoms with Gasteiger partial charge >= 0.3 is 0 Å². The molecule has 0 saturated carbocycles. The summed E-state index contributed by atoms with van der Waals surface area (Å²) >= 11 is 0. The van der Waals surface area contributed by atoms with Gasteiger partial charge < -0.3 is 5.73 Å². The van der Waals surface area contributed by atoms with Crippen LogP contribution in [0.4, 0.5) is 5.69 Å². The number of hydrogen-bond donors (Lipinski definition) is 1. The molecule has 0 unspecified atom stereocenters. The van der Waals surface area contributed by atoms with Crippen LogP contribution in [-0.2, 0) is 7.05 Å². The van der Waals surface area contributed by atoms with E-state index in [0.717, 1.165) is 22.5 Å². The van der Waals surface area contributed by atoms with Crippen LogP contribution in [0.5, 0.6) is 0 Å². The fourth-order valence-corrected chi connectivity index (χ4v) is 1.75. The summed E-state index contributed by atoms with van der Waals surface area (Å²) in [5.74, 6) is 0. The molecule has 0 spiro atoms. The fraction of sp³-hybridized carbons (Fsp3) is 0.300. The van der Waals surface area contributed by atoms with Gasteiger partial charge in [0.25, 0.3) is 0 Å². The maximum atomic E-state index is 5.82. The predicted molar refractivity (Wildman–Crippen MR) is 54.6 cm³/mol. The Morgan fingerprint density at radius 2 is 2.00 bits per heavy atom. The molecule has 0 aliphatic rings. The standard InChI is InChI=1S/C10H13N3/c1-6-9(11)5-4-8-7(2)12-13(3)10(6)8/h4-5H,11H2,1-3H3. The minimum Gasteiger partial charge on any atom is -0.398 e. The van der Waals surface area contributed by atoms with Gasteiger partial charge in [-0.3, -0.25) is 4.68 Å². The molecular weight excluding hydrogens is 162 g/mol. The van der Waals surface area contributed by atoms with Crippen molar-refractivity contribution in [2.75, 3.05) is 5.73 Å². The summed E-state index contributed by atoms with van der Waals surface area (Å²) in [5.41, 5.74) is 9.96. The summed E-state index contributed by atoms with van der Waals surface area (Å²) in [6, 6.07) is 3.96. The highest BCUT2D eigenvalue weighted by Gasteiger charge is 2.08. The van der Waals surface area contributed by atoms with Crippen LogP contribution in [0.15, 0.2) is 12.1 Å². The molecule has 1 aromatic carbocycles. The SMILES string of the molecule is Cc1nn(C)c2c(C)c(N)ccc12. The first-order valence-corrected chi connectivity index (χ1v) is 4.29. The zero-order valence-corrected chi connectivity index (χ0v) is 8.13. The molecule has 0 amide bonds. The summed E-state index contributed by atoms with van der Waals surface area (Å²) in [6.07, 6.45) is 0. The second kappa shape index (κ2) is 2.49. The molecule has 2 rings (SSSR count). The third-order valence-electron chi connectivity index (χ3n) is 2.49. The highest BCUT2D eigenvalue weighted by Crippen LogP contribution is 2.24. The van der Waals surface area contributed by atoms with Gasteiger partial charge in [-0.15, -0.1) is 0 Å². The topological polar surface area (TPSA) is 43.8 Å². The Labute approximate surface area is 77.2 Å². The first-order valence-electron chi connectivity index (χ1n) is 4.29. The number of rotatable bonds is 0. The van der Waals surface area contributed by atoms with Gasteiger partial charge in [0.1, 0.15) is 0 Å². The van der Waals surface area contributed by atoms with Crippen molar-refractivity contribution in [1.29, 1.82) is 0 Å². The molecule has 2 N–H and O–H groups in total. The second-order valence-corrected chi connectivity index (χ2v) is 3.38. The lowest BCUT2D eigenvalue weighted by Crippen LogP contribution is -1.95. The highest BCUT2D eigenvalue weighted by molar-refractivity contribution is 5.88. The van der Waals surface area contributed by atoms with E-state index >= 15 is 0 Å². The number of aromatic nitrogens is 2. The van der Waals surface area contributed by atoms with Crippen molar-refractivity contribution in [3.05, 3.63) is 23.4 Å². The molecule has 0 atom stereocenters. The van der Waals surface area contributed by atoms with E-state index in [2.05, 4.69) is 5.10 Å². The Balaban J connectivity index is 2.98. The fourth-order valence-electron chi connectivity index (χ4n) is 1.75. The van der Waals surface area contributed by atoms with E-state index in [1.807, 2.05) is 37.7 Å². The van der Waals surface area contributed by atoms with Crippen LogP contribution in [0.2, 0.25) is 0 Å². The van der Waals surface area contributed by atoms with Crippen molar-refractivity contribution in [3.63, 3.8) is 0 Å². The molecule has 13 heavy (non-hydrogen) atoms. The summed E-state index contributed by atoms with van der Waals surface area (Å²) < 4.78 is 1.89. The lowest BCUT2D eigenvalue weighted by molar-refractivity contribution is 0.781. The summed E-state index contributed by atoms with van der Waals surface area (Å²) in [6.45, 7) is 4.04. The molecular formula is C10H13N3. The Bertz CT molecular complexity index is 468. The number of hydrogen-bond acceptors (Lipinski definition) is 2. The molecule has 68 valence electrons. The van der Waals surface area contributed by atoms with E-state index in [0.29, 0.717) is 0 Å². The maximum Gasteiger partial charge on any atom is 0.0731 e. The lowest BCUT2D eigenvalue weighted by atomic mass is 10.1. The van der Waals surface area contributed by atoms with Crippen LogP contribution < -0.4 is 5.73 Å². The van der Waals surface area contributed by atoms with Crippen molar-refractivity contribution >= 4 is 16.6 Å². The van der Waals surface area contributed by atoms with Crippen molar-refractivity contribution in [1.82, 2.24) is 9.78 Å². The van der Waals surface area contributed by atoms with Gasteiger partial charge in [-0.2, -0.15) is 5.10 Å². The number of anilines is 1. The van der Waals surface area contributed by atoms with E-state index < -0.39 is 0 Å². The van der Waals surface area contributed by atoms with Gasteiger partial charge in [-0.25, -0.2) is 0 Å². The van der Waals surface area contributed by atoms with Gasteiger partial charge in [-0.1, -0.05) is 0 Å². The van der Waals surface area contributed by atoms with E-state index in [-0.39, 0.29) is 0 Å². The molecule has 2 aromatic rings. The van der Waals surface area contributed by atoms with Gasteiger partial charge in [0.05, 0.1) is 11.2 Å². The average molecular weight is 175 g/mol. The molecule has 1 aromatic heterocycles. The largest absolute Gasteiger partial charge is 0.398 e. The number of nitrogen functional groups attached to an aromatic ring is 1. The van der Waals surface area contributed by atoms with Crippen molar-refractivity contribution < 1.29 is 0 Å². The third kappa shape index (κ3) is 1.00. The highest BCUT2D eigenvalue weighted by atomic mass is 15.3. The smallest absolute Gasteiger partial charge is 0.0731 e. The molecule has 0 aliphatic carbocycles. The summed E-state index contributed by atoms with van der Waals surface area (Å²) in [4.78, 5) is 0. The average Bonchev–Trinajstić information content (AvgIpc) is 2.35. The zero-order valence-electron chi connectivity index (χ0n) is 8.13. The van der Waals surface area contributed by atoms with Crippen molar-refractivity contribution in [2.45, 2.75) is 13.8 Å². The molecule has 0 radical (unpaired) electrons. The number of aryl methyl sites for hydroxylation is 3. The van der Waals surface area contributed by atoms with E-state index in [9.17, 15) is 0 Å². The Morgan fingerprint density at radius 1 is 1.31 bits per heavy atom. The number of fused-ring (bicyclic) bond motifs is 1. The number of nitrogens with zero attached hydrogens (tertiary/aromatic N) is 2. The van der Waals surface area contributed by atoms with Crippen LogP contribution >= 0.6 is 0 Å². The molecule has 3 nitrogen and oxygen atoms in total. The Hall–Kier alpha value is -1.51. The number of nitrogens with two attached hydrogens (primary N) is 1. The normalized spacial score (nSPS) is 11.0. The third-order valence-corrected chi connectivity index (χ3v) is 2.49. The van der Waals surface area contributed by atoms with Gasteiger partial charge in [-0.05, 0) is 31.5 Å². The molecule has 3 heteroatoms. The van der Waals surface area contributed by atoms with Crippen molar-refractivity contribution in [2.24, 2.45) is 7.05 Å². The first-order chi connectivity index (χ1) is 6.11. The summed E-state index contributed by atoms with van der Waals surface area (Å²) in [7, 11) is 1.95. The van der Waals surface area contributed by atoms with Gasteiger partial charge in [0, 0.05) is 18.1 Å². The van der Waals surface area contributed by atoms with Crippen LogP contribution in [0.3, 0.4) is 0 Å². The quantitative estimate of drug-likeness (QED) is 0.620. The lowest BCUT2D eigenvalue weighted by Gasteiger charge is -2.02. The van der Waals surface area contributed by atoms with Gasteiger partial charge in [0.2, 0.25) is 0 Å². The van der Waals surface area contributed by atoms with E-state index in [1.54, 1.807) is 0 Å². The molecule has 0 fully saturated rings. The molecule has 0 saturated heterocycles. The minimum atomic E-state index is 0.829. The minimum absolute atomic E-state index is 0.829. The monoisotopic (exact) mass is 175 g/mol. The molecule has 1 heterocycles. The first kappa shape index (κ1) is 8.10. The summed E-state index contributed by atoms with van der Waals surface area (Å²) in [5, 5.41) is 5.54. The zero-order chi connectivity index (χ0) is 9.59. The van der Waals surface area contributed by atoms with Crippen LogP contribution in [-0.4, -0.2) is 9.78 Å². The van der Waals surface area contributed by atoms with E-state index in [4.69, 9.17) is 5.73 Å². The van der Waals surface area contributed by atoms with Crippen LogP contribution in [0.1, 0.15) is 11.3 Å². The van der Waals surface area contributed by atoms with Crippen LogP contribution in [0, 0.1) is 13.8 Å². The van der Waals surface area contributed by atoms with Gasteiger partial charge in [0.15, 0.2) is 0 Å². The second-order valence-electron chi connectivity index (χ2n) is 3.38. The Morgan fingerprint density at radius 3 is 2.69 bits per heavy atom. The van der Waals surface area contributed by atoms with Crippen molar-refractivity contribution in [3.8, 4) is 0 Å². The molecule has 0 aliphatic heterocycles. The predicted octanol–water partition coefficient (Wildman–Crippen LogP) is 1.77. The van der Waals surface area contributed by atoms with E-state index in [1.165, 1.54) is 5.39 Å². The maximum absolute atomic E-state index is 5.82. The Kier molecular flexibility index (Phi) is 1.55. The van der Waals surface area contributed by atoms with Crippen LogP contribution in [0.25, 0.3) is 10.9 Å².